The molecule has 0 bridgehead atoms. The summed E-state index contributed by atoms with van der Waals surface area (Å²) < 4.78 is 7.90. The van der Waals surface area contributed by atoms with E-state index >= 15 is 0 Å². The highest BCUT2D eigenvalue weighted by Crippen LogP contribution is 2.33. The molecule has 0 fully saturated rings. The summed E-state index contributed by atoms with van der Waals surface area (Å²) in [5.74, 6) is -0.457. The van der Waals surface area contributed by atoms with Gasteiger partial charge in [0.2, 0.25) is 0 Å². The van der Waals surface area contributed by atoms with Crippen LogP contribution >= 0.6 is 34.0 Å². The van der Waals surface area contributed by atoms with E-state index in [1.807, 2.05) is 72.3 Å². The molecule has 5 rings (SSSR count). The monoisotopic (exact) mass is 492 g/mol. The van der Waals surface area contributed by atoms with Gasteiger partial charge in [-0.3, -0.25) is 9.36 Å². The minimum absolute atomic E-state index is 0.147. The summed E-state index contributed by atoms with van der Waals surface area (Å²) in [6.45, 7) is 3.99. The number of allylic oxidation sites excluding steroid dienone is 1. The average Bonchev–Trinajstić information content (AvgIpc) is 3.55. The number of benzene rings is 1. The van der Waals surface area contributed by atoms with Gasteiger partial charge in [0.25, 0.3) is 5.56 Å². The zero-order chi connectivity index (χ0) is 22.9. The molecular formula is C25H20N2O3S3. The first-order chi connectivity index (χ1) is 16.0. The zero-order valence-corrected chi connectivity index (χ0v) is 20.4. The predicted molar refractivity (Wildman–Crippen MR) is 133 cm³/mol. The number of hydrogen-bond acceptors (Lipinski definition) is 7. The predicted octanol–water partition coefficient (Wildman–Crippen LogP) is 4.41. The first-order valence-corrected chi connectivity index (χ1v) is 12.9. The number of thiazole rings is 1. The van der Waals surface area contributed by atoms with Gasteiger partial charge in [0.15, 0.2) is 4.80 Å². The third-order valence-corrected chi connectivity index (χ3v) is 8.30. The first kappa shape index (κ1) is 21.8. The Morgan fingerprint density at radius 3 is 2.61 bits per heavy atom. The molecule has 166 valence electrons. The third-order valence-electron chi connectivity index (χ3n) is 5.43. The Hall–Kier alpha value is -3.07. The van der Waals surface area contributed by atoms with Crippen molar-refractivity contribution in [3.8, 4) is 0 Å². The number of hydrogen-bond donors (Lipinski definition) is 0. The number of aryl methyl sites for hydroxylation is 1. The van der Waals surface area contributed by atoms with Crippen LogP contribution in [0.25, 0.3) is 6.08 Å². The Morgan fingerprint density at radius 2 is 1.91 bits per heavy atom. The van der Waals surface area contributed by atoms with Gasteiger partial charge in [0, 0.05) is 9.75 Å². The van der Waals surface area contributed by atoms with Gasteiger partial charge in [0.05, 0.1) is 15.8 Å². The van der Waals surface area contributed by atoms with Crippen LogP contribution in [0, 0.1) is 6.92 Å². The molecule has 0 amide bonds. The molecule has 0 saturated carbocycles. The molecule has 1 unspecified atom stereocenters. The largest absolute Gasteiger partial charge is 0.457 e. The number of aromatic nitrogens is 1. The van der Waals surface area contributed by atoms with Gasteiger partial charge in [-0.05, 0) is 53.9 Å². The summed E-state index contributed by atoms with van der Waals surface area (Å²) in [6, 6.07) is 14.9. The van der Waals surface area contributed by atoms with Crippen LogP contribution in [0.2, 0.25) is 0 Å². The molecule has 0 radical (unpaired) electrons. The molecule has 3 aromatic heterocycles. The van der Waals surface area contributed by atoms with Crippen molar-refractivity contribution in [3.05, 3.63) is 111 Å². The summed E-state index contributed by atoms with van der Waals surface area (Å²) in [7, 11) is 0. The molecule has 5 nitrogen and oxygen atoms in total. The second-order valence-electron chi connectivity index (χ2n) is 7.63. The highest BCUT2D eigenvalue weighted by molar-refractivity contribution is 7.11. The lowest BCUT2D eigenvalue weighted by Gasteiger charge is -2.23. The van der Waals surface area contributed by atoms with Gasteiger partial charge < -0.3 is 4.74 Å². The van der Waals surface area contributed by atoms with Crippen LogP contribution in [0.1, 0.15) is 33.8 Å². The fourth-order valence-corrected chi connectivity index (χ4v) is 6.54. The fraction of sp³-hybridized carbons (Fsp3) is 0.160. The van der Waals surface area contributed by atoms with Gasteiger partial charge in [-0.15, -0.1) is 22.7 Å². The van der Waals surface area contributed by atoms with Crippen molar-refractivity contribution in [2.24, 2.45) is 4.99 Å². The molecule has 0 spiro atoms. The third kappa shape index (κ3) is 4.17. The number of rotatable bonds is 5. The van der Waals surface area contributed by atoms with E-state index in [1.165, 1.54) is 22.7 Å². The number of thiophene rings is 2. The Kier molecular flexibility index (Phi) is 5.97. The molecule has 4 heterocycles. The molecule has 0 saturated heterocycles. The number of esters is 1. The summed E-state index contributed by atoms with van der Waals surface area (Å²) in [5, 5.41) is 3.96. The number of fused-ring (bicyclic) bond motifs is 1. The van der Waals surface area contributed by atoms with Crippen molar-refractivity contribution in [1.82, 2.24) is 4.57 Å². The minimum Gasteiger partial charge on any atom is -0.457 e. The van der Waals surface area contributed by atoms with Crippen LogP contribution < -0.4 is 14.9 Å². The maximum Gasteiger partial charge on any atom is 0.338 e. The molecule has 8 heteroatoms. The van der Waals surface area contributed by atoms with E-state index in [-0.39, 0.29) is 12.2 Å². The number of nitrogens with zero attached hydrogens (tertiary/aromatic N) is 2. The lowest BCUT2D eigenvalue weighted by atomic mass is 10.0. The van der Waals surface area contributed by atoms with E-state index in [9.17, 15) is 9.59 Å². The van der Waals surface area contributed by atoms with E-state index in [2.05, 4.69) is 4.99 Å². The van der Waals surface area contributed by atoms with Crippen molar-refractivity contribution >= 4 is 46.1 Å². The maximum atomic E-state index is 13.5. The summed E-state index contributed by atoms with van der Waals surface area (Å²) in [6.07, 6.45) is 1.92. The Balaban J connectivity index is 1.59. The smallest absolute Gasteiger partial charge is 0.338 e. The van der Waals surface area contributed by atoms with Crippen LogP contribution in [0.5, 0.6) is 0 Å². The fourth-order valence-electron chi connectivity index (χ4n) is 3.75. The van der Waals surface area contributed by atoms with Crippen molar-refractivity contribution in [1.29, 1.82) is 0 Å². The van der Waals surface area contributed by atoms with Crippen LogP contribution in [0.15, 0.2) is 80.3 Å². The highest BCUT2D eigenvalue weighted by Gasteiger charge is 2.34. The van der Waals surface area contributed by atoms with Gasteiger partial charge in [-0.1, -0.05) is 47.7 Å². The molecule has 33 heavy (non-hydrogen) atoms. The van der Waals surface area contributed by atoms with E-state index in [0.29, 0.717) is 20.6 Å². The lowest BCUT2D eigenvalue weighted by Crippen LogP contribution is -2.39. The van der Waals surface area contributed by atoms with E-state index < -0.39 is 12.0 Å². The molecule has 1 aliphatic rings. The van der Waals surface area contributed by atoms with Crippen molar-refractivity contribution in [2.45, 2.75) is 26.5 Å². The molecule has 4 aromatic rings. The highest BCUT2D eigenvalue weighted by atomic mass is 32.1. The lowest BCUT2D eigenvalue weighted by molar-refractivity contribution is -0.140. The van der Waals surface area contributed by atoms with Gasteiger partial charge in [-0.2, -0.15) is 0 Å². The topological polar surface area (TPSA) is 60.7 Å². The minimum atomic E-state index is -0.559. The van der Waals surface area contributed by atoms with Crippen molar-refractivity contribution < 1.29 is 9.53 Å². The van der Waals surface area contributed by atoms with E-state index in [4.69, 9.17) is 4.74 Å². The second-order valence-corrected chi connectivity index (χ2v) is 10.6. The van der Waals surface area contributed by atoms with Crippen LogP contribution in [-0.2, 0) is 16.1 Å². The summed E-state index contributed by atoms with van der Waals surface area (Å²) in [4.78, 5) is 34.0. The number of carbonyl (C=O) groups is 1. The molecule has 0 aliphatic carbocycles. The van der Waals surface area contributed by atoms with Crippen molar-refractivity contribution in [2.75, 3.05) is 0 Å². The Morgan fingerprint density at radius 1 is 1.09 bits per heavy atom. The van der Waals surface area contributed by atoms with E-state index in [1.54, 1.807) is 22.8 Å². The maximum absolute atomic E-state index is 13.5. The van der Waals surface area contributed by atoms with Gasteiger partial charge >= 0.3 is 5.97 Å². The van der Waals surface area contributed by atoms with Crippen molar-refractivity contribution in [3.63, 3.8) is 0 Å². The quantitative estimate of drug-likeness (QED) is 0.388. The van der Waals surface area contributed by atoms with Crippen LogP contribution in [0.3, 0.4) is 0 Å². The Bertz CT molecular complexity index is 1520. The molecule has 1 atom stereocenters. The molecule has 1 aliphatic heterocycles. The van der Waals surface area contributed by atoms with Crippen LogP contribution in [0.4, 0.5) is 0 Å². The normalized spacial score (nSPS) is 15.9. The number of ether oxygens (including phenoxy) is 1. The number of carbonyl (C=O) groups excluding carboxylic acids is 1. The SMILES string of the molecule is CC1=C(C(=O)OCc2ccccc2)C(c2cccs2)n2c(s/c(=C\c3sccc3C)c2=O)=N1. The van der Waals surface area contributed by atoms with Gasteiger partial charge in [0.1, 0.15) is 12.6 Å². The summed E-state index contributed by atoms with van der Waals surface area (Å²) in [5.41, 5.74) is 2.86. The summed E-state index contributed by atoms with van der Waals surface area (Å²) >= 11 is 4.46. The molecule has 0 N–H and O–H groups in total. The van der Waals surface area contributed by atoms with Crippen LogP contribution in [-0.4, -0.2) is 10.5 Å². The standard InChI is InChI=1S/C25H20N2O3S3/c1-15-10-12-32-19(15)13-20-23(28)27-22(18-9-6-11-31-18)21(16(2)26-25(27)33-20)24(29)30-14-17-7-4-3-5-8-17/h3-13,22H,14H2,1-2H3/b20-13-. The Labute approximate surface area is 202 Å². The van der Waals surface area contributed by atoms with Gasteiger partial charge in [-0.25, -0.2) is 9.79 Å². The average molecular weight is 493 g/mol. The zero-order valence-electron chi connectivity index (χ0n) is 18.0. The van der Waals surface area contributed by atoms with E-state index in [0.717, 1.165) is 20.9 Å². The first-order valence-electron chi connectivity index (χ1n) is 10.3. The second kappa shape index (κ2) is 9.05. The molecule has 1 aromatic carbocycles. The molecular weight excluding hydrogens is 472 g/mol.